The lowest BCUT2D eigenvalue weighted by Crippen LogP contribution is -2.38. The standard InChI is InChI=1S/C24H25ClN4O2/c1-16-5-3-8-21(17(16)2)31-23-14-22(26-15-27-23)29-11-9-18(10-12-29)24(30)28-20-7-4-6-19(25)13-20/h3-8,13-15,18H,9-12H2,1-2H3,(H,28,30). The molecule has 4 rings (SSSR count). The number of carbonyl (C=O) groups is 1. The molecule has 0 unspecified atom stereocenters. The van der Waals surface area contributed by atoms with E-state index in [1.165, 1.54) is 11.9 Å². The van der Waals surface area contributed by atoms with Crippen molar-refractivity contribution in [3.8, 4) is 11.6 Å². The molecule has 0 bridgehead atoms. The third kappa shape index (κ3) is 5.14. The Kier molecular flexibility index (Phi) is 6.37. The number of aryl methyl sites for hydroxylation is 1. The van der Waals surface area contributed by atoms with E-state index in [0.29, 0.717) is 10.9 Å². The summed E-state index contributed by atoms with van der Waals surface area (Å²) >= 11 is 6.00. The number of rotatable bonds is 5. The van der Waals surface area contributed by atoms with Crippen LogP contribution in [0.5, 0.6) is 11.6 Å². The monoisotopic (exact) mass is 436 g/mol. The molecule has 1 saturated heterocycles. The summed E-state index contributed by atoms with van der Waals surface area (Å²) in [6.45, 7) is 5.58. The summed E-state index contributed by atoms with van der Waals surface area (Å²) < 4.78 is 6.00. The number of nitrogens with one attached hydrogen (secondary N) is 1. The van der Waals surface area contributed by atoms with Crippen LogP contribution in [0, 0.1) is 19.8 Å². The first-order valence-electron chi connectivity index (χ1n) is 10.4. The first-order valence-corrected chi connectivity index (χ1v) is 10.7. The van der Waals surface area contributed by atoms with Gasteiger partial charge in [-0.05, 0) is 62.1 Å². The summed E-state index contributed by atoms with van der Waals surface area (Å²) in [4.78, 5) is 23.5. The fourth-order valence-corrected chi connectivity index (χ4v) is 3.88. The van der Waals surface area contributed by atoms with Gasteiger partial charge in [0.2, 0.25) is 11.8 Å². The fourth-order valence-electron chi connectivity index (χ4n) is 3.69. The van der Waals surface area contributed by atoms with Crippen molar-refractivity contribution < 1.29 is 9.53 Å². The SMILES string of the molecule is Cc1cccc(Oc2cc(N3CCC(C(=O)Nc4cccc(Cl)c4)CC3)ncn2)c1C. The second-order valence-corrected chi connectivity index (χ2v) is 8.21. The Hall–Kier alpha value is -3.12. The van der Waals surface area contributed by atoms with E-state index in [1.807, 2.05) is 37.3 Å². The van der Waals surface area contributed by atoms with Gasteiger partial charge in [0.15, 0.2) is 0 Å². The normalized spacial score (nSPS) is 14.4. The zero-order valence-electron chi connectivity index (χ0n) is 17.6. The molecule has 2 aromatic carbocycles. The molecule has 0 saturated carbocycles. The minimum atomic E-state index is -0.0391. The molecule has 31 heavy (non-hydrogen) atoms. The average molecular weight is 437 g/mol. The second kappa shape index (κ2) is 9.35. The Balaban J connectivity index is 1.37. The fraction of sp³-hybridized carbons (Fsp3) is 0.292. The van der Waals surface area contributed by atoms with E-state index in [9.17, 15) is 4.79 Å². The van der Waals surface area contributed by atoms with Crippen molar-refractivity contribution in [2.24, 2.45) is 5.92 Å². The lowest BCUT2D eigenvalue weighted by Gasteiger charge is -2.32. The maximum Gasteiger partial charge on any atom is 0.227 e. The molecule has 0 atom stereocenters. The number of halogens is 1. The number of anilines is 2. The molecule has 1 aliphatic rings. The van der Waals surface area contributed by atoms with Crippen LogP contribution in [0.3, 0.4) is 0 Å². The van der Waals surface area contributed by atoms with E-state index in [-0.39, 0.29) is 11.8 Å². The summed E-state index contributed by atoms with van der Waals surface area (Å²) in [6, 6.07) is 15.0. The summed E-state index contributed by atoms with van der Waals surface area (Å²) in [7, 11) is 0. The minimum absolute atomic E-state index is 0.0311. The van der Waals surface area contributed by atoms with Gasteiger partial charge in [-0.2, -0.15) is 0 Å². The van der Waals surface area contributed by atoms with Crippen LogP contribution in [0.1, 0.15) is 24.0 Å². The summed E-state index contributed by atoms with van der Waals surface area (Å²) in [5.41, 5.74) is 2.99. The van der Waals surface area contributed by atoms with Gasteiger partial charge in [0, 0.05) is 35.8 Å². The van der Waals surface area contributed by atoms with Crippen molar-refractivity contribution in [1.29, 1.82) is 0 Å². The van der Waals surface area contributed by atoms with Crippen LogP contribution in [-0.4, -0.2) is 29.0 Å². The Morgan fingerprint density at radius 1 is 1.10 bits per heavy atom. The number of hydrogen-bond acceptors (Lipinski definition) is 5. The first-order chi connectivity index (χ1) is 15.0. The van der Waals surface area contributed by atoms with E-state index in [2.05, 4.69) is 33.2 Å². The van der Waals surface area contributed by atoms with Crippen molar-refractivity contribution in [3.05, 3.63) is 71.0 Å². The second-order valence-electron chi connectivity index (χ2n) is 7.78. The highest BCUT2D eigenvalue weighted by molar-refractivity contribution is 6.30. The molecule has 0 radical (unpaired) electrons. The van der Waals surface area contributed by atoms with E-state index < -0.39 is 0 Å². The van der Waals surface area contributed by atoms with Gasteiger partial charge in [-0.3, -0.25) is 4.79 Å². The van der Waals surface area contributed by atoms with Crippen LogP contribution >= 0.6 is 11.6 Å². The van der Waals surface area contributed by atoms with Crippen LogP contribution < -0.4 is 15.0 Å². The van der Waals surface area contributed by atoms with Gasteiger partial charge in [0.25, 0.3) is 0 Å². The molecule has 1 aliphatic heterocycles. The molecule has 7 heteroatoms. The zero-order chi connectivity index (χ0) is 21.8. The van der Waals surface area contributed by atoms with E-state index in [0.717, 1.165) is 48.7 Å². The van der Waals surface area contributed by atoms with Crippen LogP contribution in [0.4, 0.5) is 11.5 Å². The van der Waals surface area contributed by atoms with Gasteiger partial charge in [0.05, 0.1) is 0 Å². The molecule has 0 aliphatic carbocycles. The number of hydrogen-bond donors (Lipinski definition) is 1. The van der Waals surface area contributed by atoms with Gasteiger partial charge in [-0.15, -0.1) is 0 Å². The predicted molar refractivity (Wildman–Crippen MR) is 123 cm³/mol. The average Bonchev–Trinajstić information content (AvgIpc) is 2.77. The molecule has 0 spiro atoms. The smallest absolute Gasteiger partial charge is 0.227 e. The van der Waals surface area contributed by atoms with Gasteiger partial charge in [0.1, 0.15) is 17.9 Å². The first kappa shape index (κ1) is 21.1. The molecule has 2 heterocycles. The van der Waals surface area contributed by atoms with Gasteiger partial charge < -0.3 is 15.0 Å². The molecule has 1 amide bonds. The highest BCUT2D eigenvalue weighted by Gasteiger charge is 2.26. The Morgan fingerprint density at radius 2 is 1.87 bits per heavy atom. The maximum atomic E-state index is 12.6. The Morgan fingerprint density at radius 3 is 2.65 bits per heavy atom. The number of aromatic nitrogens is 2. The topological polar surface area (TPSA) is 67.3 Å². The van der Waals surface area contributed by atoms with Crippen LogP contribution in [0.15, 0.2) is 54.9 Å². The Bertz CT molecular complexity index is 1080. The minimum Gasteiger partial charge on any atom is -0.439 e. The Labute approximate surface area is 187 Å². The summed E-state index contributed by atoms with van der Waals surface area (Å²) in [5, 5.41) is 3.57. The van der Waals surface area contributed by atoms with Crippen LogP contribution in [0.25, 0.3) is 0 Å². The molecule has 160 valence electrons. The number of benzene rings is 2. The summed E-state index contributed by atoms with van der Waals surface area (Å²) in [6.07, 6.45) is 3.03. The van der Waals surface area contributed by atoms with E-state index in [1.54, 1.807) is 12.1 Å². The lowest BCUT2D eigenvalue weighted by atomic mass is 9.96. The van der Waals surface area contributed by atoms with Crippen molar-refractivity contribution in [1.82, 2.24) is 9.97 Å². The highest BCUT2D eigenvalue weighted by atomic mass is 35.5. The summed E-state index contributed by atoms with van der Waals surface area (Å²) in [5.74, 6) is 2.11. The van der Waals surface area contributed by atoms with Gasteiger partial charge in [-0.1, -0.05) is 29.8 Å². The molecule has 6 nitrogen and oxygen atoms in total. The molecular formula is C24H25ClN4O2. The van der Waals surface area contributed by atoms with E-state index >= 15 is 0 Å². The number of nitrogens with zero attached hydrogens (tertiary/aromatic N) is 3. The van der Waals surface area contributed by atoms with Crippen molar-refractivity contribution in [2.45, 2.75) is 26.7 Å². The van der Waals surface area contributed by atoms with Gasteiger partial charge in [-0.25, -0.2) is 9.97 Å². The number of amides is 1. The highest BCUT2D eigenvalue weighted by Crippen LogP contribution is 2.29. The molecule has 1 aromatic heterocycles. The number of ether oxygens (including phenoxy) is 1. The number of carbonyl (C=O) groups excluding carboxylic acids is 1. The largest absolute Gasteiger partial charge is 0.439 e. The number of piperidine rings is 1. The maximum absolute atomic E-state index is 12.6. The van der Waals surface area contributed by atoms with Crippen molar-refractivity contribution in [2.75, 3.05) is 23.3 Å². The molecule has 1 N–H and O–H groups in total. The zero-order valence-corrected chi connectivity index (χ0v) is 18.4. The quantitative estimate of drug-likeness (QED) is 0.580. The lowest BCUT2D eigenvalue weighted by molar-refractivity contribution is -0.120. The van der Waals surface area contributed by atoms with Crippen LogP contribution in [-0.2, 0) is 4.79 Å². The predicted octanol–water partition coefficient (Wildman–Crippen LogP) is 5.39. The third-order valence-corrected chi connectivity index (χ3v) is 5.91. The molecular weight excluding hydrogens is 412 g/mol. The third-order valence-electron chi connectivity index (χ3n) is 5.68. The molecule has 3 aromatic rings. The molecule has 1 fully saturated rings. The van der Waals surface area contributed by atoms with Crippen molar-refractivity contribution in [3.63, 3.8) is 0 Å². The van der Waals surface area contributed by atoms with Crippen LogP contribution in [0.2, 0.25) is 5.02 Å². The van der Waals surface area contributed by atoms with Crippen molar-refractivity contribution >= 4 is 29.0 Å². The van der Waals surface area contributed by atoms with Gasteiger partial charge >= 0.3 is 0 Å². The van der Waals surface area contributed by atoms with E-state index in [4.69, 9.17) is 16.3 Å².